The molecule has 2 amide bonds. The maximum atomic E-state index is 13.6. The maximum Gasteiger partial charge on any atom is 0.258 e. The average Bonchev–Trinajstić information content (AvgIpc) is 2.89. The van der Waals surface area contributed by atoms with Gasteiger partial charge in [-0.05, 0) is 48.0 Å². The summed E-state index contributed by atoms with van der Waals surface area (Å²) in [6, 6.07) is 17.1. The van der Waals surface area contributed by atoms with E-state index in [9.17, 15) is 14.0 Å². The fraction of sp³-hybridized carbons (Fsp3) is 0.130. The van der Waals surface area contributed by atoms with Gasteiger partial charge in [0.2, 0.25) is 5.91 Å². The van der Waals surface area contributed by atoms with E-state index in [-0.39, 0.29) is 18.4 Å². The second-order valence-corrected chi connectivity index (χ2v) is 7.30. The number of anilines is 1. The Morgan fingerprint density at radius 3 is 2.60 bits per heavy atom. The number of para-hydroxylation sites is 1. The molecule has 1 aliphatic rings. The Morgan fingerprint density at radius 2 is 1.87 bits per heavy atom. The highest BCUT2D eigenvalue weighted by molar-refractivity contribution is 6.30. The lowest BCUT2D eigenvalue weighted by atomic mass is 9.95. The van der Waals surface area contributed by atoms with Crippen LogP contribution in [0.5, 0.6) is 5.75 Å². The number of hydrogen-bond acceptors (Lipinski definition) is 3. The van der Waals surface area contributed by atoms with Crippen molar-refractivity contribution < 1.29 is 18.7 Å². The fourth-order valence-corrected chi connectivity index (χ4v) is 3.83. The number of rotatable bonds is 3. The number of amides is 2. The van der Waals surface area contributed by atoms with E-state index in [0.717, 1.165) is 0 Å². The Bertz CT molecular complexity index is 1120. The van der Waals surface area contributed by atoms with Crippen molar-refractivity contribution in [3.63, 3.8) is 0 Å². The molecule has 4 rings (SSSR count). The lowest BCUT2D eigenvalue weighted by Crippen LogP contribution is -2.39. The first-order valence-electron chi connectivity index (χ1n) is 9.26. The highest BCUT2D eigenvalue weighted by Gasteiger charge is 2.35. The number of benzene rings is 3. The zero-order chi connectivity index (χ0) is 21.3. The van der Waals surface area contributed by atoms with Gasteiger partial charge < -0.3 is 15.0 Å². The Hall–Kier alpha value is -3.38. The van der Waals surface area contributed by atoms with Crippen molar-refractivity contribution in [2.75, 3.05) is 19.0 Å². The summed E-state index contributed by atoms with van der Waals surface area (Å²) in [6.07, 6.45) is 0. The summed E-state index contributed by atoms with van der Waals surface area (Å²) in [5.74, 6) is -0.719. The topological polar surface area (TPSA) is 58.6 Å². The maximum absolute atomic E-state index is 13.6. The van der Waals surface area contributed by atoms with Gasteiger partial charge in [-0.3, -0.25) is 9.59 Å². The molecule has 1 heterocycles. The fourth-order valence-electron chi connectivity index (χ4n) is 3.65. The molecule has 1 unspecified atom stereocenters. The number of nitrogens with one attached hydrogen (secondary N) is 1. The van der Waals surface area contributed by atoms with Crippen molar-refractivity contribution in [2.24, 2.45) is 0 Å². The van der Waals surface area contributed by atoms with Gasteiger partial charge in [-0.25, -0.2) is 4.39 Å². The zero-order valence-electron chi connectivity index (χ0n) is 16.1. The number of methoxy groups -OCH3 is 1. The number of fused-ring (bicyclic) bond motifs is 1. The second kappa shape index (κ2) is 8.16. The number of nitrogens with zero attached hydrogens (tertiary/aromatic N) is 1. The summed E-state index contributed by atoms with van der Waals surface area (Å²) in [6.45, 7) is -0.189. The van der Waals surface area contributed by atoms with E-state index in [1.165, 1.54) is 24.1 Å². The van der Waals surface area contributed by atoms with Crippen LogP contribution in [0.2, 0.25) is 5.02 Å². The van der Waals surface area contributed by atoms with E-state index in [1.54, 1.807) is 54.6 Å². The van der Waals surface area contributed by atoms with Gasteiger partial charge in [-0.15, -0.1) is 0 Å². The molecule has 1 N–H and O–H groups in total. The van der Waals surface area contributed by atoms with Gasteiger partial charge in [-0.1, -0.05) is 35.9 Å². The number of ether oxygens (including phenoxy) is 1. The third kappa shape index (κ3) is 3.74. The highest BCUT2D eigenvalue weighted by Crippen LogP contribution is 2.38. The first kappa shape index (κ1) is 19.9. The quantitative estimate of drug-likeness (QED) is 0.664. The van der Waals surface area contributed by atoms with Crippen LogP contribution in [0.15, 0.2) is 66.7 Å². The number of halogens is 2. The lowest BCUT2D eigenvalue weighted by Gasteiger charge is -2.31. The van der Waals surface area contributed by atoms with Gasteiger partial charge in [0.1, 0.15) is 18.1 Å². The Balaban J connectivity index is 1.91. The summed E-state index contributed by atoms with van der Waals surface area (Å²) >= 11 is 6.24. The molecular formula is C23H18ClFN2O3. The molecule has 1 aliphatic heterocycles. The van der Waals surface area contributed by atoms with Crippen LogP contribution in [0.1, 0.15) is 27.5 Å². The van der Waals surface area contributed by atoms with Crippen molar-refractivity contribution in [1.29, 1.82) is 0 Å². The summed E-state index contributed by atoms with van der Waals surface area (Å²) in [4.78, 5) is 27.7. The molecule has 0 saturated heterocycles. The van der Waals surface area contributed by atoms with Crippen LogP contribution in [-0.2, 0) is 4.79 Å². The predicted molar refractivity (Wildman–Crippen MR) is 112 cm³/mol. The summed E-state index contributed by atoms with van der Waals surface area (Å²) < 4.78 is 18.9. The van der Waals surface area contributed by atoms with Crippen molar-refractivity contribution in [3.05, 3.63) is 94.3 Å². The molecule has 0 spiro atoms. The van der Waals surface area contributed by atoms with Crippen LogP contribution >= 0.6 is 11.6 Å². The monoisotopic (exact) mass is 424 g/mol. The van der Waals surface area contributed by atoms with Gasteiger partial charge in [-0.2, -0.15) is 0 Å². The molecule has 3 aromatic carbocycles. The molecule has 152 valence electrons. The molecule has 0 bridgehead atoms. The predicted octanol–water partition coefficient (Wildman–Crippen LogP) is 4.67. The third-order valence-electron chi connectivity index (χ3n) is 4.99. The second-order valence-electron chi connectivity index (χ2n) is 6.87. The van der Waals surface area contributed by atoms with Gasteiger partial charge in [0.05, 0.1) is 18.7 Å². The minimum Gasteiger partial charge on any atom is -0.496 e. The molecule has 1 atom stereocenters. The molecule has 0 fully saturated rings. The number of hydrogen-bond donors (Lipinski definition) is 1. The molecule has 0 aliphatic carbocycles. The minimum absolute atomic E-state index is 0.189. The molecule has 5 nitrogen and oxygen atoms in total. The third-order valence-corrected chi connectivity index (χ3v) is 5.23. The molecule has 0 saturated carbocycles. The van der Waals surface area contributed by atoms with Crippen molar-refractivity contribution in [1.82, 2.24) is 4.90 Å². The van der Waals surface area contributed by atoms with Gasteiger partial charge in [0.15, 0.2) is 0 Å². The normalized spacial score (nSPS) is 15.8. The molecular weight excluding hydrogens is 407 g/mol. The number of carbonyl (C=O) groups excluding carboxylic acids is 2. The Kier molecular flexibility index (Phi) is 5.42. The first-order chi connectivity index (χ1) is 14.5. The zero-order valence-corrected chi connectivity index (χ0v) is 16.8. The minimum atomic E-state index is -0.657. The van der Waals surface area contributed by atoms with Crippen LogP contribution < -0.4 is 10.1 Å². The van der Waals surface area contributed by atoms with E-state index in [0.29, 0.717) is 33.1 Å². The molecule has 7 heteroatoms. The SMILES string of the molecule is COc1ccccc1C(=O)N1CC(=O)Nc2ccc(Cl)cc2C1c1ccc(F)cc1. The first-order valence-corrected chi connectivity index (χ1v) is 9.64. The van der Waals surface area contributed by atoms with Gasteiger partial charge in [0.25, 0.3) is 5.91 Å². The molecule has 3 aromatic rings. The summed E-state index contributed by atoms with van der Waals surface area (Å²) in [7, 11) is 1.48. The van der Waals surface area contributed by atoms with Crippen molar-refractivity contribution in [3.8, 4) is 5.75 Å². The average molecular weight is 425 g/mol. The van der Waals surface area contributed by atoms with Crippen molar-refractivity contribution >= 4 is 29.1 Å². The van der Waals surface area contributed by atoms with Gasteiger partial charge in [0, 0.05) is 16.3 Å². The standard InChI is InChI=1S/C23H18ClFN2O3/c1-30-20-5-3-2-4-17(20)23(29)27-13-21(28)26-19-11-8-15(24)12-18(19)22(27)14-6-9-16(25)10-7-14/h2-12,22H,13H2,1H3,(H,26,28). The van der Waals surface area contributed by atoms with E-state index in [4.69, 9.17) is 16.3 Å². The Morgan fingerprint density at radius 1 is 1.13 bits per heavy atom. The summed E-state index contributed by atoms with van der Waals surface area (Å²) in [5, 5.41) is 3.29. The number of carbonyl (C=O) groups is 2. The van der Waals surface area contributed by atoms with Crippen molar-refractivity contribution in [2.45, 2.75) is 6.04 Å². The van der Waals surface area contributed by atoms with E-state index < -0.39 is 11.9 Å². The largest absolute Gasteiger partial charge is 0.496 e. The smallest absolute Gasteiger partial charge is 0.258 e. The molecule has 0 aromatic heterocycles. The van der Waals surface area contributed by atoms with E-state index in [2.05, 4.69) is 5.32 Å². The lowest BCUT2D eigenvalue weighted by molar-refractivity contribution is -0.117. The molecule has 30 heavy (non-hydrogen) atoms. The Labute approximate surface area is 178 Å². The highest BCUT2D eigenvalue weighted by atomic mass is 35.5. The van der Waals surface area contributed by atoms with E-state index in [1.807, 2.05) is 0 Å². The van der Waals surface area contributed by atoms with Gasteiger partial charge >= 0.3 is 0 Å². The molecule has 0 radical (unpaired) electrons. The summed E-state index contributed by atoms with van der Waals surface area (Å²) in [5.41, 5.74) is 2.17. The van der Waals surface area contributed by atoms with Crippen LogP contribution in [-0.4, -0.2) is 30.4 Å². The van der Waals surface area contributed by atoms with Crippen LogP contribution in [0.25, 0.3) is 0 Å². The van der Waals surface area contributed by atoms with Crippen LogP contribution in [0.4, 0.5) is 10.1 Å². The van der Waals surface area contributed by atoms with E-state index >= 15 is 0 Å². The van der Waals surface area contributed by atoms with Crippen LogP contribution in [0.3, 0.4) is 0 Å². The van der Waals surface area contributed by atoms with Crippen LogP contribution in [0, 0.1) is 5.82 Å².